The largest absolute Gasteiger partial charge is 0.314 e. The third kappa shape index (κ3) is 5.09. The molecule has 1 nitrogen and oxygen atoms in total. The number of thioether (sulfide) groups is 1. The third-order valence-electron chi connectivity index (χ3n) is 4.14. The predicted octanol–water partition coefficient (Wildman–Crippen LogP) is 3.93. The molecule has 3 unspecified atom stereocenters. The second-order valence-electron chi connectivity index (χ2n) is 5.38. The predicted molar refractivity (Wildman–Crippen MR) is 76.2 cm³/mol. The van der Waals surface area contributed by atoms with Gasteiger partial charge in [0.1, 0.15) is 0 Å². The normalized spacial score (nSPS) is 30.6. The van der Waals surface area contributed by atoms with E-state index in [1.54, 1.807) is 0 Å². The van der Waals surface area contributed by atoms with Crippen LogP contribution in [0.15, 0.2) is 0 Å². The Labute approximate surface area is 106 Å². The van der Waals surface area contributed by atoms with Crippen LogP contribution in [0.5, 0.6) is 0 Å². The molecule has 0 heterocycles. The quantitative estimate of drug-likeness (QED) is 0.680. The molecule has 1 aliphatic carbocycles. The van der Waals surface area contributed by atoms with Gasteiger partial charge in [0.25, 0.3) is 0 Å². The van der Waals surface area contributed by atoms with Crippen molar-refractivity contribution < 1.29 is 0 Å². The number of nitrogens with one attached hydrogen (secondary N) is 1. The SMILES string of the molecule is CSCCCCCNC1CCCC(C)C1C. The molecule has 0 aromatic carbocycles. The summed E-state index contributed by atoms with van der Waals surface area (Å²) in [4.78, 5) is 0. The molecule has 0 aliphatic heterocycles. The lowest BCUT2D eigenvalue weighted by molar-refractivity contribution is 0.207. The Hall–Kier alpha value is 0.310. The van der Waals surface area contributed by atoms with Gasteiger partial charge in [-0.15, -0.1) is 0 Å². The van der Waals surface area contributed by atoms with Crippen molar-refractivity contribution in [3.8, 4) is 0 Å². The molecule has 0 bridgehead atoms. The summed E-state index contributed by atoms with van der Waals surface area (Å²) >= 11 is 1.97. The molecule has 0 spiro atoms. The fourth-order valence-electron chi connectivity index (χ4n) is 2.71. The molecule has 1 fully saturated rings. The van der Waals surface area contributed by atoms with E-state index in [4.69, 9.17) is 0 Å². The van der Waals surface area contributed by atoms with Crippen LogP contribution in [0.1, 0.15) is 52.4 Å². The van der Waals surface area contributed by atoms with Crippen molar-refractivity contribution in [2.75, 3.05) is 18.6 Å². The van der Waals surface area contributed by atoms with E-state index in [1.807, 2.05) is 11.8 Å². The molecule has 1 N–H and O–H groups in total. The Kier molecular flexibility index (Phi) is 7.55. The van der Waals surface area contributed by atoms with E-state index in [2.05, 4.69) is 25.4 Å². The molecule has 0 saturated heterocycles. The lowest BCUT2D eigenvalue weighted by atomic mass is 9.78. The molecule has 2 heteroatoms. The Bertz CT molecular complexity index is 172. The van der Waals surface area contributed by atoms with Gasteiger partial charge in [0.05, 0.1) is 0 Å². The van der Waals surface area contributed by atoms with Gasteiger partial charge in [0.2, 0.25) is 0 Å². The van der Waals surface area contributed by atoms with E-state index in [9.17, 15) is 0 Å². The van der Waals surface area contributed by atoms with E-state index < -0.39 is 0 Å². The summed E-state index contributed by atoms with van der Waals surface area (Å²) in [5.74, 6) is 3.12. The van der Waals surface area contributed by atoms with Crippen molar-refractivity contribution >= 4 is 11.8 Å². The molecule has 0 radical (unpaired) electrons. The summed E-state index contributed by atoms with van der Waals surface area (Å²) in [6.07, 6.45) is 10.6. The van der Waals surface area contributed by atoms with E-state index in [0.717, 1.165) is 17.9 Å². The maximum absolute atomic E-state index is 3.77. The lowest BCUT2D eigenvalue weighted by Gasteiger charge is -2.34. The average molecular weight is 243 g/mol. The van der Waals surface area contributed by atoms with Crippen LogP contribution in [-0.2, 0) is 0 Å². The molecule has 1 aliphatic rings. The van der Waals surface area contributed by atoms with Gasteiger partial charge in [-0.3, -0.25) is 0 Å². The molecular formula is C14H29NS. The lowest BCUT2D eigenvalue weighted by Crippen LogP contribution is -2.40. The first-order valence-electron chi connectivity index (χ1n) is 6.98. The average Bonchev–Trinajstić information content (AvgIpc) is 2.29. The smallest absolute Gasteiger partial charge is 0.00952 e. The minimum absolute atomic E-state index is 0.796. The van der Waals surface area contributed by atoms with Crippen LogP contribution in [-0.4, -0.2) is 24.6 Å². The van der Waals surface area contributed by atoms with Crippen LogP contribution in [0.3, 0.4) is 0 Å². The number of unbranched alkanes of at least 4 members (excludes halogenated alkanes) is 2. The topological polar surface area (TPSA) is 12.0 Å². The highest BCUT2D eigenvalue weighted by Gasteiger charge is 2.25. The summed E-state index contributed by atoms with van der Waals surface area (Å²) < 4.78 is 0. The van der Waals surface area contributed by atoms with Gasteiger partial charge in [0, 0.05) is 6.04 Å². The maximum Gasteiger partial charge on any atom is 0.00952 e. The minimum Gasteiger partial charge on any atom is -0.314 e. The fraction of sp³-hybridized carbons (Fsp3) is 1.00. The van der Waals surface area contributed by atoms with Crippen molar-refractivity contribution in [3.05, 3.63) is 0 Å². The van der Waals surface area contributed by atoms with Crippen molar-refractivity contribution in [1.29, 1.82) is 0 Å². The Morgan fingerprint density at radius 3 is 2.69 bits per heavy atom. The highest BCUT2D eigenvalue weighted by atomic mass is 32.2. The molecule has 0 amide bonds. The number of hydrogen-bond acceptors (Lipinski definition) is 2. The molecule has 96 valence electrons. The first kappa shape index (κ1) is 14.4. The maximum atomic E-state index is 3.77. The Balaban J connectivity index is 2.03. The highest BCUT2D eigenvalue weighted by molar-refractivity contribution is 7.98. The monoisotopic (exact) mass is 243 g/mol. The van der Waals surface area contributed by atoms with E-state index in [0.29, 0.717) is 0 Å². The number of rotatable bonds is 7. The highest BCUT2D eigenvalue weighted by Crippen LogP contribution is 2.29. The first-order valence-corrected chi connectivity index (χ1v) is 8.37. The van der Waals surface area contributed by atoms with E-state index >= 15 is 0 Å². The van der Waals surface area contributed by atoms with Gasteiger partial charge < -0.3 is 5.32 Å². The zero-order valence-corrected chi connectivity index (χ0v) is 12.1. The molecule has 16 heavy (non-hydrogen) atoms. The van der Waals surface area contributed by atoms with Crippen LogP contribution in [0.4, 0.5) is 0 Å². The molecule has 1 rings (SSSR count). The zero-order chi connectivity index (χ0) is 11.8. The van der Waals surface area contributed by atoms with Crippen LogP contribution in [0.25, 0.3) is 0 Å². The Morgan fingerprint density at radius 1 is 1.12 bits per heavy atom. The van der Waals surface area contributed by atoms with Crippen LogP contribution in [0, 0.1) is 11.8 Å². The standard InChI is InChI=1S/C14H29NS/c1-12-8-7-9-14(13(12)2)15-10-5-4-6-11-16-3/h12-15H,4-11H2,1-3H3. The molecular weight excluding hydrogens is 214 g/mol. The van der Waals surface area contributed by atoms with Crippen molar-refractivity contribution in [2.24, 2.45) is 11.8 Å². The van der Waals surface area contributed by atoms with Gasteiger partial charge in [-0.05, 0) is 49.7 Å². The summed E-state index contributed by atoms with van der Waals surface area (Å²) in [7, 11) is 0. The summed E-state index contributed by atoms with van der Waals surface area (Å²) in [5, 5.41) is 3.77. The van der Waals surface area contributed by atoms with Crippen molar-refractivity contribution in [2.45, 2.75) is 58.4 Å². The number of hydrogen-bond donors (Lipinski definition) is 1. The molecule has 0 aromatic heterocycles. The fourth-order valence-corrected chi connectivity index (χ4v) is 3.20. The summed E-state index contributed by atoms with van der Waals surface area (Å²) in [5.41, 5.74) is 0. The van der Waals surface area contributed by atoms with E-state index in [-0.39, 0.29) is 0 Å². The van der Waals surface area contributed by atoms with Gasteiger partial charge in [-0.25, -0.2) is 0 Å². The summed E-state index contributed by atoms with van der Waals surface area (Å²) in [6.45, 7) is 6.07. The zero-order valence-electron chi connectivity index (χ0n) is 11.3. The summed E-state index contributed by atoms with van der Waals surface area (Å²) in [6, 6.07) is 0.796. The van der Waals surface area contributed by atoms with Gasteiger partial charge in [-0.1, -0.05) is 33.1 Å². The van der Waals surface area contributed by atoms with Crippen LogP contribution >= 0.6 is 11.8 Å². The van der Waals surface area contributed by atoms with Gasteiger partial charge in [0.15, 0.2) is 0 Å². The van der Waals surface area contributed by atoms with Crippen LogP contribution < -0.4 is 5.32 Å². The molecule has 1 saturated carbocycles. The third-order valence-corrected chi connectivity index (χ3v) is 4.84. The Morgan fingerprint density at radius 2 is 1.94 bits per heavy atom. The first-order chi connectivity index (χ1) is 7.75. The minimum atomic E-state index is 0.796. The molecule has 3 atom stereocenters. The van der Waals surface area contributed by atoms with Crippen LogP contribution in [0.2, 0.25) is 0 Å². The van der Waals surface area contributed by atoms with Crippen molar-refractivity contribution in [3.63, 3.8) is 0 Å². The van der Waals surface area contributed by atoms with Crippen molar-refractivity contribution in [1.82, 2.24) is 5.32 Å². The van der Waals surface area contributed by atoms with Gasteiger partial charge in [-0.2, -0.15) is 11.8 Å². The van der Waals surface area contributed by atoms with E-state index in [1.165, 1.54) is 50.8 Å². The second-order valence-corrected chi connectivity index (χ2v) is 6.37. The van der Waals surface area contributed by atoms with Gasteiger partial charge >= 0.3 is 0 Å². The second kappa shape index (κ2) is 8.41. The molecule has 0 aromatic rings.